The number of aliphatic hydroxyl groups excluding tert-OH is 1. The number of allylic oxidation sites excluding steroid dienone is 1. The second-order valence-corrected chi connectivity index (χ2v) is 4.71. The fraction of sp³-hybridized carbons (Fsp3) is 0.846. The lowest BCUT2D eigenvalue weighted by Crippen LogP contribution is -2.50. The molecule has 0 aromatic heterocycles. The van der Waals surface area contributed by atoms with Crippen LogP contribution in [-0.4, -0.2) is 36.3 Å². The van der Waals surface area contributed by atoms with E-state index in [0.29, 0.717) is 13.0 Å². The summed E-state index contributed by atoms with van der Waals surface area (Å²) in [6.07, 6.45) is -0.297. The molecule has 0 bridgehead atoms. The Hall–Kier alpha value is -0.520. The van der Waals surface area contributed by atoms with Crippen molar-refractivity contribution in [2.45, 2.75) is 57.7 Å². The van der Waals surface area contributed by atoms with Gasteiger partial charge in [-0.1, -0.05) is 13.0 Å². The summed E-state index contributed by atoms with van der Waals surface area (Å²) in [6, 6.07) is -1.02. The van der Waals surface area contributed by atoms with E-state index >= 15 is 0 Å². The molecule has 0 aromatic carbocycles. The number of aliphatic hydroxyl groups is 1. The largest absolute Gasteiger partial charge is 0.379 e. The second-order valence-electron chi connectivity index (χ2n) is 4.71. The molecule has 0 amide bonds. The lowest BCUT2D eigenvalue weighted by atomic mass is 9.96. The van der Waals surface area contributed by atoms with E-state index in [9.17, 15) is 13.9 Å². The molecule has 4 N–H and O–H groups in total. The van der Waals surface area contributed by atoms with Crippen LogP contribution in [0, 0.1) is 5.92 Å². The van der Waals surface area contributed by atoms with Crippen LogP contribution >= 0.6 is 0 Å². The molecule has 18 heavy (non-hydrogen) atoms. The van der Waals surface area contributed by atoms with E-state index in [4.69, 9.17) is 5.73 Å². The maximum absolute atomic E-state index is 14.0. The zero-order chi connectivity index (χ0) is 14.1. The van der Waals surface area contributed by atoms with Gasteiger partial charge in [0.1, 0.15) is 18.6 Å². The molecule has 0 spiro atoms. The van der Waals surface area contributed by atoms with E-state index in [0.717, 1.165) is 12.8 Å². The van der Waals surface area contributed by atoms with Crippen molar-refractivity contribution in [3.63, 3.8) is 0 Å². The van der Waals surface area contributed by atoms with Crippen LogP contribution in [-0.2, 0) is 0 Å². The summed E-state index contributed by atoms with van der Waals surface area (Å²) in [6.45, 7) is 6.97. The Morgan fingerprint density at radius 2 is 1.94 bits per heavy atom. The molecule has 108 valence electrons. The number of halogens is 2. The molecule has 0 rings (SSSR count). The average Bonchev–Trinajstić information content (AvgIpc) is 2.34. The first kappa shape index (κ1) is 17.5. The fourth-order valence-electron chi connectivity index (χ4n) is 1.72. The molecule has 5 heteroatoms. The topological polar surface area (TPSA) is 58.3 Å². The number of alkyl halides is 2. The van der Waals surface area contributed by atoms with Crippen LogP contribution in [0.25, 0.3) is 0 Å². The average molecular weight is 264 g/mol. The minimum Gasteiger partial charge on any atom is -0.379 e. The first-order valence-electron chi connectivity index (χ1n) is 6.48. The fourth-order valence-corrected chi connectivity index (χ4v) is 1.72. The van der Waals surface area contributed by atoms with Gasteiger partial charge in [-0.05, 0) is 32.7 Å². The molecule has 0 aliphatic carbocycles. The van der Waals surface area contributed by atoms with Gasteiger partial charge in [-0.3, -0.25) is 5.32 Å². The van der Waals surface area contributed by atoms with Crippen molar-refractivity contribution >= 4 is 0 Å². The van der Waals surface area contributed by atoms with Crippen LogP contribution in [0.15, 0.2) is 12.7 Å². The minimum absolute atomic E-state index is 0.440. The zero-order valence-corrected chi connectivity index (χ0v) is 11.3. The maximum Gasteiger partial charge on any atom is 0.124 e. The summed E-state index contributed by atoms with van der Waals surface area (Å²) < 4.78 is 27.3. The number of nitrogens with two attached hydrogens (primary N) is 1. The zero-order valence-electron chi connectivity index (χ0n) is 11.3. The summed E-state index contributed by atoms with van der Waals surface area (Å²) in [5, 5.41) is 12.3. The van der Waals surface area contributed by atoms with E-state index in [-0.39, 0.29) is 0 Å². The lowest BCUT2D eigenvalue weighted by molar-refractivity contribution is 0.0539. The van der Waals surface area contributed by atoms with Gasteiger partial charge in [0.2, 0.25) is 0 Å². The molecule has 0 saturated heterocycles. The van der Waals surface area contributed by atoms with E-state index in [2.05, 4.69) is 11.9 Å². The third-order valence-electron chi connectivity index (χ3n) is 3.03. The Kier molecular flexibility index (Phi) is 9.14. The van der Waals surface area contributed by atoms with Gasteiger partial charge in [0, 0.05) is 5.92 Å². The van der Waals surface area contributed by atoms with Crippen molar-refractivity contribution in [1.82, 2.24) is 5.32 Å². The Balaban J connectivity index is 4.30. The number of hydrogen-bond acceptors (Lipinski definition) is 3. The van der Waals surface area contributed by atoms with Gasteiger partial charge in [-0.15, -0.1) is 6.58 Å². The van der Waals surface area contributed by atoms with Crippen molar-refractivity contribution in [1.29, 1.82) is 0 Å². The van der Waals surface area contributed by atoms with Crippen LogP contribution < -0.4 is 11.1 Å². The number of rotatable bonds is 10. The van der Waals surface area contributed by atoms with E-state index in [1.165, 1.54) is 13.0 Å². The summed E-state index contributed by atoms with van der Waals surface area (Å²) in [4.78, 5) is 0. The number of nitrogens with one attached hydrogen (secondary N) is 1. The molecule has 0 fully saturated rings. The highest BCUT2D eigenvalue weighted by molar-refractivity contribution is 4.91. The molecular formula is C13H26F2N2O. The lowest BCUT2D eigenvalue weighted by Gasteiger charge is -2.29. The van der Waals surface area contributed by atoms with Crippen molar-refractivity contribution in [3.05, 3.63) is 12.7 Å². The monoisotopic (exact) mass is 264 g/mol. The van der Waals surface area contributed by atoms with Gasteiger partial charge in [0.05, 0.1) is 6.04 Å². The summed E-state index contributed by atoms with van der Waals surface area (Å²) in [7, 11) is 0. The quantitative estimate of drug-likeness (QED) is 0.321. The molecule has 0 aliphatic rings. The Morgan fingerprint density at radius 3 is 2.39 bits per heavy atom. The van der Waals surface area contributed by atoms with E-state index in [1.54, 1.807) is 6.92 Å². The van der Waals surface area contributed by atoms with Crippen molar-refractivity contribution < 1.29 is 13.9 Å². The van der Waals surface area contributed by atoms with Gasteiger partial charge in [-0.2, -0.15) is 0 Å². The number of hydrogen-bond donors (Lipinski definition) is 3. The summed E-state index contributed by atoms with van der Waals surface area (Å²) in [5.41, 5.74) is 5.34. The van der Waals surface area contributed by atoms with Gasteiger partial charge < -0.3 is 10.8 Å². The highest BCUT2D eigenvalue weighted by Crippen LogP contribution is 2.18. The molecule has 0 radical (unpaired) electrons. The van der Waals surface area contributed by atoms with Crippen molar-refractivity contribution in [2.75, 3.05) is 6.54 Å². The van der Waals surface area contributed by atoms with Gasteiger partial charge in [0.15, 0.2) is 0 Å². The van der Waals surface area contributed by atoms with Gasteiger partial charge in [-0.25, -0.2) is 8.78 Å². The molecule has 0 saturated carbocycles. The van der Waals surface area contributed by atoms with Crippen LogP contribution in [0.5, 0.6) is 0 Å². The molecule has 0 heterocycles. The Bertz CT molecular complexity index is 227. The summed E-state index contributed by atoms with van der Waals surface area (Å²) in [5.74, 6) is -0.461. The van der Waals surface area contributed by atoms with Crippen molar-refractivity contribution in [2.24, 2.45) is 11.7 Å². The molecule has 4 unspecified atom stereocenters. The maximum atomic E-state index is 14.0. The standard InChI is InChI=1S/C13H26F2N2O/c1-4-9(2)12(15)13(10(3)14)17-11(18)7-5-6-8-16/h4,9-13,17-18H,1,5-8,16H2,2-3H3/t9-,10?,11?,12?,13?/m0/s1. The SMILES string of the molecule is C=C[C@H](C)C(F)C(NC(O)CCCCN)C(C)F. The van der Waals surface area contributed by atoms with Crippen LogP contribution in [0.2, 0.25) is 0 Å². The van der Waals surface area contributed by atoms with E-state index in [1.807, 2.05) is 0 Å². The Labute approximate surface area is 108 Å². The third kappa shape index (κ3) is 6.42. The molecule has 3 nitrogen and oxygen atoms in total. The molecule has 0 aliphatic heterocycles. The predicted octanol–water partition coefficient (Wildman–Crippen LogP) is 1.91. The van der Waals surface area contributed by atoms with Crippen LogP contribution in [0.4, 0.5) is 8.78 Å². The summed E-state index contributed by atoms with van der Waals surface area (Å²) >= 11 is 0. The van der Waals surface area contributed by atoms with E-state index < -0.39 is 30.5 Å². The molecular weight excluding hydrogens is 238 g/mol. The third-order valence-corrected chi connectivity index (χ3v) is 3.03. The predicted molar refractivity (Wildman–Crippen MR) is 70.7 cm³/mol. The Morgan fingerprint density at radius 1 is 1.33 bits per heavy atom. The normalized spacial score (nSPS) is 19.9. The smallest absolute Gasteiger partial charge is 0.124 e. The highest BCUT2D eigenvalue weighted by atomic mass is 19.1. The van der Waals surface area contributed by atoms with Gasteiger partial charge >= 0.3 is 0 Å². The molecule has 5 atom stereocenters. The minimum atomic E-state index is -1.41. The number of unbranched alkanes of at least 4 members (excludes halogenated alkanes) is 1. The first-order chi connectivity index (χ1) is 8.43. The first-order valence-corrected chi connectivity index (χ1v) is 6.48. The highest BCUT2D eigenvalue weighted by Gasteiger charge is 2.31. The molecule has 0 aromatic rings. The second kappa shape index (κ2) is 9.42. The van der Waals surface area contributed by atoms with Crippen LogP contribution in [0.3, 0.4) is 0 Å². The van der Waals surface area contributed by atoms with Crippen molar-refractivity contribution in [3.8, 4) is 0 Å². The van der Waals surface area contributed by atoms with Crippen LogP contribution in [0.1, 0.15) is 33.1 Å². The van der Waals surface area contributed by atoms with Gasteiger partial charge in [0.25, 0.3) is 0 Å².